The van der Waals surface area contributed by atoms with Crippen LogP contribution in [0.15, 0.2) is 66.8 Å². The van der Waals surface area contributed by atoms with Crippen molar-refractivity contribution in [2.45, 2.75) is 24.9 Å². The van der Waals surface area contributed by atoms with Crippen LogP contribution in [0.25, 0.3) is 0 Å². The molecule has 1 aromatic rings. The first kappa shape index (κ1) is 14.0. The molecule has 3 aliphatic rings. The standard InChI is InChI=1S/C21H24O/c1-3-4-8-18-14-19-15-11-12-16(13-15)20(19)21(18,22-2)17-9-6-5-7-10-17/h3,5-7,9-12,14-16,19-20H,1,4,8,13H2,2H3/t15-,16+,19?,20?,21?/m1/s1. The molecule has 0 aliphatic heterocycles. The van der Waals surface area contributed by atoms with E-state index in [0.29, 0.717) is 17.8 Å². The van der Waals surface area contributed by atoms with Gasteiger partial charge in [-0.1, -0.05) is 54.6 Å². The summed E-state index contributed by atoms with van der Waals surface area (Å²) in [5.74, 6) is 2.59. The van der Waals surface area contributed by atoms with Gasteiger partial charge in [0, 0.05) is 13.0 Å². The molecule has 1 heteroatoms. The van der Waals surface area contributed by atoms with E-state index in [-0.39, 0.29) is 5.60 Å². The Bertz CT molecular complexity index is 627. The second-order valence-corrected chi connectivity index (χ2v) is 6.88. The van der Waals surface area contributed by atoms with Crippen molar-refractivity contribution in [1.82, 2.24) is 0 Å². The molecule has 4 rings (SSSR count). The van der Waals surface area contributed by atoms with Gasteiger partial charge in [-0.3, -0.25) is 0 Å². The highest BCUT2D eigenvalue weighted by Gasteiger charge is 2.59. The van der Waals surface area contributed by atoms with Gasteiger partial charge in [0.1, 0.15) is 5.60 Å². The maximum atomic E-state index is 6.32. The highest BCUT2D eigenvalue weighted by molar-refractivity contribution is 5.43. The van der Waals surface area contributed by atoms with Crippen molar-refractivity contribution in [3.8, 4) is 0 Å². The van der Waals surface area contributed by atoms with Gasteiger partial charge >= 0.3 is 0 Å². The topological polar surface area (TPSA) is 9.23 Å². The third-order valence-corrected chi connectivity index (χ3v) is 6.00. The molecule has 1 aromatic carbocycles. The molecule has 114 valence electrons. The lowest BCUT2D eigenvalue weighted by Gasteiger charge is -2.41. The molecule has 0 heterocycles. The summed E-state index contributed by atoms with van der Waals surface area (Å²) in [6, 6.07) is 10.8. The number of rotatable bonds is 5. The first-order chi connectivity index (χ1) is 10.8. The zero-order chi connectivity index (χ0) is 15.2. The average molecular weight is 292 g/mol. The number of benzene rings is 1. The highest BCUT2D eigenvalue weighted by Crippen LogP contribution is 2.63. The Balaban J connectivity index is 1.83. The van der Waals surface area contributed by atoms with Gasteiger partial charge in [-0.25, -0.2) is 0 Å². The molecule has 0 aromatic heterocycles. The van der Waals surface area contributed by atoms with Crippen molar-refractivity contribution in [3.63, 3.8) is 0 Å². The fourth-order valence-electron chi connectivity index (χ4n) is 5.21. The van der Waals surface area contributed by atoms with Gasteiger partial charge in [0.2, 0.25) is 0 Å². The van der Waals surface area contributed by atoms with Gasteiger partial charge in [0.15, 0.2) is 0 Å². The SMILES string of the molecule is C=CCCC1=CC2C([C@H]3C=C[C@@H]2C3)C1(OC)c1ccccc1. The number of allylic oxidation sites excluding steroid dienone is 4. The zero-order valence-electron chi connectivity index (χ0n) is 13.2. The van der Waals surface area contributed by atoms with Crippen LogP contribution in [0.3, 0.4) is 0 Å². The minimum Gasteiger partial charge on any atom is -0.369 e. The fraction of sp³-hybridized carbons (Fsp3) is 0.429. The van der Waals surface area contributed by atoms with Crippen molar-refractivity contribution >= 4 is 0 Å². The van der Waals surface area contributed by atoms with Crippen LogP contribution in [0.4, 0.5) is 0 Å². The van der Waals surface area contributed by atoms with Crippen molar-refractivity contribution in [2.75, 3.05) is 7.11 Å². The lowest BCUT2D eigenvalue weighted by molar-refractivity contribution is -0.0426. The molecule has 3 unspecified atom stereocenters. The summed E-state index contributed by atoms with van der Waals surface area (Å²) in [6.45, 7) is 3.90. The monoisotopic (exact) mass is 292 g/mol. The molecule has 1 fully saturated rings. The second kappa shape index (κ2) is 5.24. The minimum absolute atomic E-state index is 0.237. The van der Waals surface area contributed by atoms with E-state index in [1.165, 1.54) is 17.6 Å². The van der Waals surface area contributed by atoms with E-state index in [1.807, 2.05) is 13.2 Å². The van der Waals surface area contributed by atoms with Crippen LogP contribution < -0.4 is 0 Å². The van der Waals surface area contributed by atoms with Crippen LogP contribution in [0.2, 0.25) is 0 Å². The molecule has 22 heavy (non-hydrogen) atoms. The molecule has 1 nitrogen and oxygen atoms in total. The third kappa shape index (κ3) is 1.75. The molecule has 0 spiro atoms. The van der Waals surface area contributed by atoms with Gasteiger partial charge in [0.25, 0.3) is 0 Å². The summed E-state index contributed by atoms with van der Waals surface area (Å²) in [4.78, 5) is 0. The van der Waals surface area contributed by atoms with Crippen LogP contribution in [-0.2, 0) is 10.3 Å². The van der Waals surface area contributed by atoms with Gasteiger partial charge in [-0.15, -0.1) is 6.58 Å². The van der Waals surface area contributed by atoms with Crippen LogP contribution in [0.5, 0.6) is 0 Å². The maximum Gasteiger partial charge on any atom is 0.118 e. The van der Waals surface area contributed by atoms with E-state index in [2.05, 4.69) is 55.1 Å². The Morgan fingerprint density at radius 3 is 2.73 bits per heavy atom. The third-order valence-electron chi connectivity index (χ3n) is 6.00. The molecule has 0 N–H and O–H groups in total. The van der Waals surface area contributed by atoms with Crippen molar-refractivity contribution in [3.05, 3.63) is 72.4 Å². The molecular weight excluding hydrogens is 268 g/mol. The van der Waals surface area contributed by atoms with E-state index in [4.69, 9.17) is 4.74 Å². The first-order valence-electron chi connectivity index (χ1n) is 8.42. The molecule has 0 amide bonds. The molecule has 1 saturated carbocycles. The predicted octanol–water partition coefficient (Wildman–Crippen LogP) is 4.87. The van der Waals surface area contributed by atoms with Crippen molar-refractivity contribution in [2.24, 2.45) is 23.7 Å². The van der Waals surface area contributed by atoms with E-state index < -0.39 is 0 Å². The normalized spacial score (nSPS) is 38.1. The van der Waals surface area contributed by atoms with Crippen molar-refractivity contribution < 1.29 is 4.74 Å². The zero-order valence-corrected chi connectivity index (χ0v) is 13.2. The quantitative estimate of drug-likeness (QED) is 0.703. The number of fused-ring (bicyclic) bond motifs is 5. The summed E-state index contributed by atoms with van der Waals surface area (Å²) in [5, 5.41) is 0. The highest BCUT2D eigenvalue weighted by atomic mass is 16.5. The Morgan fingerprint density at radius 2 is 2.00 bits per heavy atom. The summed E-state index contributed by atoms with van der Waals surface area (Å²) in [7, 11) is 1.90. The lowest BCUT2D eigenvalue weighted by Crippen LogP contribution is -2.40. The van der Waals surface area contributed by atoms with E-state index in [9.17, 15) is 0 Å². The Morgan fingerprint density at radius 1 is 1.23 bits per heavy atom. The summed E-state index contributed by atoms with van der Waals surface area (Å²) in [6.07, 6.45) is 12.8. The predicted molar refractivity (Wildman–Crippen MR) is 90.4 cm³/mol. The molecular formula is C21H24O. The minimum atomic E-state index is -0.237. The second-order valence-electron chi connectivity index (χ2n) is 6.88. The van der Waals surface area contributed by atoms with Crippen LogP contribution in [0, 0.1) is 23.7 Å². The summed E-state index contributed by atoms with van der Waals surface area (Å²) < 4.78 is 6.32. The van der Waals surface area contributed by atoms with Gasteiger partial charge in [-0.2, -0.15) is 0 Å². The smallest absolute Gasteiger partial charge is 0.118 e. The Kier molecular flexibility index (Phi) is 3.34. The number of hydrogen-bond acceptors (Lipinski definition) is 1. The molecule has 3 aliphatic carbocycles. The molecule has 0 radical (unpaired) electrons. The Labute approximate surface area is 133 Å². The van der Waals surface area contributed by atoms with Crippen LogP contribution in [0.1, 0.15) is 24.8 Å². The van der Waals surface area contributed by atoms with E-state index >= 15 is 0 Å². The van der Waals surface area contributed by atoms with Crippen LogP contribution >= 0.6 is 0 Å². The largest absolute Gasteiger partial charge is 0.369 e. The van der Waals surface area contributed by atoms with E-state index in [0.717, 1.165) is 18.8 Å². The van der Waals surface area contributed by atoms with Crippen molar-refractivity contribution in [1.29, 1.82) is 0 Å². The number of hydrogen-bond donors (Lipinski definition) is 0. The average Bonchev–Trinajstić information content (AvgIpc) is 3.24. The number of ether oxygens (including phenoxy) is 1. The summed E-state index contributed by atoms with van der Waals surface area (Å²) in [5.41, 5.74) is 2.55. The van der Waals surface area contributed by atoms with Gasteiger partial charge < -0.3 is 4.74 Å². The molecule has 2 bridgehead atoms. The lowest BCUT2D eigenvalue weighted by atomic mass is 9.71. The fourth-order valence-corrected chi connectivity index (χ4v) is 5.21. The Hall–Kier alpha value is -1.60. The maximum absolute atomic E-state index is 6.32. The van der Waals surface area contributed by atoms with E-state index in [1.54, 1.807) is 0 Å². The first-order valence-corrected chi connectivity index (χ1v) is 8.42. The number of methoxy groups -OCH3 is 1. The molecule has 5 atom stereocenters. The van der Waals surface area contributed by atoms with Gasteiger partial charge in [0.05, 0.1) is 0 Å². The van der Waals surface area contributed by atoms with Gasteiger partial charge in [-0.05, 0) is 48.2 Å². The summed E-state index contributed by atoms with van der Waals surface area (Å²) >= 11 is 0. The van der Waals surface area contributed by atoms with Crippen LogP contribution in [-0.4, -0.2) is 7.11 Å². The molecule has 0 saturated heterocycles.